The van der Waals surface area contributed by atoms with Gasteiger partial charge in [-0.1, -0.05) is 52.5 Å². The first kappa shape index (κ1) is 12.8. The van der Waals surface area contributed by atoms with E-state index in [1.165, 1.54) is 6.07 Å². The predicted octanol–water partition coefficient (Wildman–Crippen LogP) is 5.67. The van der Waals surface area contributed by atoms with Crippen molar-refractivity contribution in [3.8, 4) is 16.9 Å². The molecule has 0 aromatic heterocycles. The minimum absolute atomic E-state index is 0.00589. The minimum atomic E-state index is 0.00589. The van der Waals surface area contributed by atoms with Gasteiger partial charge in [0.15, 0.2) is 0 Å². The summed E-state index contributed by atoms with van der Waals surface area (Å²) in [5.41, 5.74) is 1.52. The Morgan fingerprint density at radius 3 is 1.82 bits per heavy atom. The van der Waals surface area contributed by atoms with Crippen molar-refractivity contribution < 1.29 is 5.11 Å². The van der Waals surface area contributed by atoms with Gasteiger partial charge >= 0.3 is 0 Å². The molecule has 0 aliphatic carbocycles. The third-order valence-electron chi connectivity index (χ3n) is 2.26. The van der Waals surface area contributed by atoms with Crippen LogP contribution < -0.4 is 0 Å². The van der Waals surface area contributed by atoms with Gasteiger partial charge < -0.3 is 5.11 Å². The molecule has 0 bridgehead atoms. The lowest BCUT2D eigenvalue weighted by atomic mass is 10.1. The first-order valence-corrected chi connectivity index (χ1v) is 6.13. The Bertz CT molecular complexity index is 558. The molecule has 0 fully saturated rings. The van der Waals surface area contributed by atoms with Gasteiger partial charge in [0.2, 0.25) is 0 Å². The maximum atomic E-state index is 9.53. The van der Waals surface area contributed by atoms with E-state index in [1.54, 1.807) is 24.3 Å². The molecule has 0 aliphatic rings. The van der Waals surface area contributed by atoms with E-state index in [0.29, 0.717) is 20.1 Å². The highest BCUT2D eigenvalue weighted by Crippen LogP contribution is 2.36. The van der Waals surface area contributed by atoms with Crippen LogP contribution in [0.2, 0.25) is 20.1 Å². The molecule has 0 unspecified atom stereocenters. The number of phenolic OH excluding ortho intramolecular Hbond substituents is 1. The zero-order chi connectivity index (χ0) is 12.6. The Labute approximate surface area is 118 Å². The summed E-state index contributed by atoms with van der Waals surface area (Å²) in [5.74, 6) is 0.00589. The van der Waals surface area contributed by atoms with Crippen LogP contribution in [0.25, 0.3) is 11.1 Å². The van der Waals surface area contributed by atoms with Gasteiger partial charge in [0.1, 0.15) is 5.75 Å². The number of halogens is 4. The van der Waals surface area contributed by atoms with Crippen molar-refractivity contribution in [3.05, 3.63) is 50.4 Å². The first-order valence-electron chi connectivity index (χ1n) is 4.62. The van der Waals surface area contributed by atoms with Crippen LogP contribution in [-0.4, -0.2) is 5.11 Å². The zero-order valence-corrected chi connectivity index (χ0v) is 11.4. The lowest BCUT2D eigenvalue weighted by Gasteiger charge is -2.07. The average molecular weight is 308 g/mol. The second-order valence-electron chi connectivity index (χ2n) is 3.42. The third-order valence-corrected chi connectivity index (χ3v) is 3.78. The van der Waals surface area contributed by atoms with Crippen molar-refractivity contribution in [1.29, 1.82) is 0 Å². The molecule has 1 N–H and O–H groups in total. The van der Waals surface area contributed by atoms with Gasteiger partial charge in [-0.25, -0.2) is 0 Å². The Hall–Kier alpha value is -0.600. The van der Waals surface area contributed by atoms with E-state index in [4.69, 9.17) is 46.4 Å². The van der Waals surface area contributed by atoms with Crippen LogP contribution in [0.5, 0.6) is 5.75 Å². The monoisotopic (exact) mass is 306 g/mol. The van der Waals surface area contributed by atoms with Gasteiger partial charge in [0.05, 0.1) is 20.1 Å². The summed E-state index contributed by atoms with van der Waals surface area (Å²) in [4.78, 5) is 0. The summed E-state index contributed by atoms with van der Waals surface area (Å²) in [6.45, 7) is 0. The van der Waals surface area contributed by atoms with E-state index in [1.807, 2.05) is 0 Å². The molecule has 0 aliphatic heterocycles. The van der Waals surface area contributed by atoms with Gasteiger partial charge in [-0.15, -0.1) is 0 Å². The summed E-state index contributed by atoms with van der Waals surface area (Å²) in [6, 6.07) is 8.26. The fraction of sp³-hybridized carbons (Fsp3) is 0. The molecule has 2 aromatic carbocycles. The zero-order valence-electron chi connectivity index (χ0n) is 8.35. The van der Waals surface area contributed by atoms with E-state index in [9.17, 15) is 5.11 Å². The second-order valence-corrected chi connectivity index (χ2v) is 5.02. The fourth-order valence-corrected chi connectivity index (χ4v) is 2.13. The van der Waals surface area contributed by atoms with Crippen molar-refractivity contribution in [1.82, 2.24) is 0 Å². The van der Waals surface area contributed by atoms with E-state index in [0.717, 1.165) is 11.1 Å². The fourth-order valence-electron chi connectivity index (χ4n) is 1.41. The molecule has 0 radical (unpaired) electrons. The SMILES string of the molecule is Oc1cc(-c2cc(Cl)c(Cl)c(Cl)c2)ccc1Cl. The molecule has 0 saturated heterocycles. The number of benzene rings is 2. The highest BCUT2D eigenvalue weighted by atomic mass is 35.5. The molecule has 0 spiro atoms. The molecule has 1 nitrogen and oxygen atoms in total. The number of aromatic hydroxyl groups is 1. The highest BCUT2D eigenvalue weighted by molar-refractivity contribution is 6.48. The van der Waals surface area contributed by atoms with E-state index >= 15 is 0 Å². The van der Waals surface area contributed by atoms with Gasteiger partial charge in [0.25, 0.3) is 0 Å². The molecule has 0 atom stereocenters. The van der Waals surface area contributed by atoms with Crippen molar-refractivity contribution in [2.24, 2.45) is 0 Å². The molecule has 5 heteroatoms. The molecule has 88 valence electrons. The smallest absolute Gasteiger partial charge is 0.134 e. The van der Waals surface area contributed by atoms with Gasteiger partial charge in [-0.3, -0.25) is 0 Å². The van der Waals surface area contributed by atoms with Gasteiger partial charge in [0, 0.05) is 0 Å². The van der Waals surface area contributed by atoms with Crippen LogP contribution in [0.3, 0.4) is 0 Å². The Balaban J connectivity index is 2.57. The van der Waals surface area contributed by atoms with Crippen molar-refractivity contribution in [3.63, 3.8) is 0 Å². The summed E-state index contributed by atoms with van der Waals surface area (Å²) in [5, 5.41) is 10.9. The number of hydrogen-bond acceptors (Lipinski definition) is 1. The van der Waals surface area contributed by atoms with E-state index in [-0.39, 0.29) is 5.75 Å². The van der Waals surface area contributed by atoms with Crippen molar-refractivity contribution in [2.45, 2.75) is 0 Å². The molecular formula is C12H6Cl4O. The maximum absolute atomic E-state index is 9.53. The number of phenols is 1. The number of hydrogen-bond donors (Lipinski definition) is 1. The van der Waals surface area contributed by atoms with Crippen LogP contribution in [0, 0.1) is 0 Å². The van der Waals surface area contributed by atoms with Crippen LogP contribution in [0.1, 0.15) is 0 Å². The molecule has 0 heterocycles. The predicted molar refractivity (Wildman–Crippen MR) is 73.6 cm³/mol. The third kappa shape index (κ3) is 2.63. The largest absolute Gasteiger partial charge is 0.506 e. The second kappa shape index (κ2) is 4.95. The summed E-state index contributed by atoms with van der Waals surface area (Å²) in [6.07, 6.45) is 0. The molecule has 2 aromatic rings. The molecular weight excluding hydrogens is 302 g/mol. The average Bonchev–Trinajstić information content (AvgIpc) is 2.29. The summed E-state index contributed by atoms with van der Waals surface area (Å²) in [7, 11) is 0. The van der Waals surface area contributed by atoms with Crippen molar-refractivity contribution in [2.75, 3.05) is 0 Å². The number of rotatable bonds is 1. The lowest BCUT2D eigenvalue weighted by molar-refractivity contribution is 0.476. The maximum Gasteiger partial charge on any atom is 0.134 e. The normalized spacial score (nSPS) is 10.6. The van der Waals surface area contributed by atoms with E-state index < -0.39 is 0 Å². The molecule has 0 amide bonds. The van der Waals surface area contributed by atoms with Crippen LogP contribution in [-0.2, 0) is 0 Å². The van der Waals surface area contributed by atoms with E-state index in [2.05, 4.69) is 0 Å². The Morgan fingerprint density at radius 2 is 1.29 bits per heavy atom. The first-order chi connectivity index (χ1) is 7.99. The summed E-state index contributed by atoms with van der Waals surface area (Å²) < 4.78 is 0. The molecule has 0 saturated carbocycles. The van der Waals surface area contributed by atoms with Gasteiger partial charge in [-0.05, 0) is 35.4 Å². The highest BCUT2D eigenvalue weighted by Gasteiger charge is 2.08. The molecule has 2 rings (SSSR count). The Morgan fingerprint density at radius 1 is 0.706 bits per heavy atom. The Kier molecular flexibility index (Phi) is 3.74. The lowest BCUT2D eigenvalue weighted by Crippen LogP contribution is -1.81. The van der Waals surface area contributed by atoms with Crippen molar-refractivity contribution >= 4 is 46.4 Å². The van der Waals surface area contributed by atoms with Crippen LogP contribution >= 0.6 is 46.4 Å². The van der Waals surface area contributed by atoms with Crippen LogP contribution in [0.4, 0.5) is 0 Å². The quantitative estimate of drug-likeness (QED) is 0.673. The summed E-state index contributed by atoms with van der Waals surface area (Å²) >= 11 is 23.5. The minimum Gasteiger partial charge on any atom is -0.506 e. The van der Waals surface area contributed by atoms with Gasteiger partial charge in [-0.2, -0.15) is 0 Å². The topological polar surface area (TPSA) is 20.2 Å². The standard InChI is InChI=1S/C12H6Cl4O/c13-8-2-1-6(5-11(8)17)7-3-9(14)12(16)10(15)4-7/h1-5,17H. The molecule has 17 heavy (non-hydrogen) atoms. The van der Waals surface area contributed by atoms with Crippen LogP contribution in [0.15, 0.2) is 30.3 Å².